The molecule has 0 aliphatic carbocycles. The Labute approximate surface area is 297 Å². The maximum atomic E-state index is 14.1. The Kier molecular flexibility index (Phi) is 11.6. The summed E-state index contributed by atoms with van der Waals surface area (Å²) in [6.45, 7) is 5.79. The molecule has 250 valence electrons. The predicted octanol–water partition coefficient (Wildman–Crippen LogP) is 5.85. The van der Waals surface area contributed by atoms with Crippen molar-refractivity contribution in [2.75, 3.05) is 26.9 Å². The van der Waals surface area contributed by atoms with Gasteiger partial charge in [0.25, 0.3) is 5.56 Å². The van der Waals surface area contributed by atoms with Gasteiger partial charge in [0.15, 0.2) is 22.9 Å². The molecule has 0 spiro atoms. The zero-order valence-electron chi connectivity index (χ0n) is 26.6. The number of benzene rings is 3. The molecule has 0 saturated heterocycles. The van der Waals surface area contributed by atoms with Crippen LogP contribution in [0, 0.1) is 0 Å². The quantitative estimate of drug-likeness (QED) is 0.164. The average molecular weight is 801 g/mol. The number of nitrogens with zero attached hydrogens (tertiary/aromatic N) is 2. The molecular weight excluding hydrogens is 768 g/mol. The van der Waals surface area contributed by atoms with Gasteiger partial charge in [-0.2, -0.15) is 0 Å². The topological polar surface area (TPSA) is 115 Å². The van der Waals surface area contributed by atoms with Crippen molar-refractivity contribution in [3.63, 3.8) is 0 Å². The molecule has 10 nitrogen and oxygen atoms in total. The molecule has 0 fully saturated rings. The number of esters is 2. The van der Waals surface area contributed by atoms with E-state index in [2.05, 4.69) is 41.6 Å². The van der Waals surface area contributed by atoms with Crippen molar-refractivity contribution in [2.24, 2.45) is 4.99 Å². The number of aromatic nitrogens is 1. The minimum Gasteiger partial charge on any atom is -0.490 e. The number of ether oxygens (including phenoxy) is 5. The average Bonchev–Trinajstić information content (AvgIpc) is 3.37. The van der Waals surface area contributed by atoms with Crippen LogP contribution in [-0.2, 0) is 25.7 Å². The van der Waals surface area contributed by atoms with E-state index in [1.165, 1.54) is 23.0 Å². The summed E-state index contributed by atoms with van der Waals surface area (Å²) in [7, 11) is 1.27. The third kappa shape index (κ3) is 7.91. The van der Waals surface area contributed by atoms with Crippen LogP contribution in [0.1, 0.15) is 43.5 Å². The van der Waals surface area contributed by atoms with Crippen LogP contribution in [0.25, 0.3) is 6.08 Å². The SMILES string of the molecule is CCOC(=O)C1=C(C)N=c2s/c(=C\c3ccc(OCc4ccc(Br)cc4)c(Br)c3)c(=O)n2[C@H]1c1ccc(OCC(=O)OC)c(OCC)c1. The molecule has 0 N–H and O–H groups in total. The summed E-state index contributed by atoms with van der Waals surface area (Å²) < 4.78 is 31.2. The van der Waals surface area contributed by atoms with Crippen molar-refractivity contribution in [3.8, 4) is 17.2 Å². The fraction of sp³-hybridized carbons (Fsp3) is 0.257. The van der Waals surface area contributed by atoms with E-state index in [0.717, 1.165) is 20.1 Å². The number of thiazole rings is 1. The van der Waals surface area contributed by atoms with Gasteiger partial charge < -0.3 is 23.7 Å². The van der Waals surface area contributed by atoms with Crippen molar-refractivity contribution in [1.82, 2.24) is 4.57 Å². The summed E-state index contributed by atoms with van der Waals surface area (Å²) in [5.74, 6) is 0.185. The monoisotopic (exact) mass is 798 g/mol. The first kappa shape index (κ1) is 35.1. The standard InChI is InChI=1S/C35H32Br2N2O8S/c1-5-44-28-17-23(10-14-27(28)47-19-30(40)43-4)32-31(34(42)45-6-2)20(3)38-35-39(32)33(41)29(48-35)16-22-9-13-26(25(37)15-22)46-18-21-7-11-24(36)12-8-21/h7-17,32H,5-6,18-19H2,1-4H3/b29-16-/t32-/m0/s1. The largest absolute Gasteiger partial charge is 0.490 e. The lowest BCUT2D eigenvalue weighted by Crippen LogP contribution is -2.40. The third-order valence-electron chi connectivity index (χ3n) is 7.23. The van der Waals surface area contributed by atoms with Crippen LogP contribution in [-0.4, -0.2) is 43.4 Å². The summed E-state index contributed by atoms with van der Waals surface area (Å²) in [5, 5.41) is 0. The van der Waals surface area contributed by atoms with E-state index in [4.69, 9.17) is 18.9 Å². The lowest BCUT2D eigenvalue weighted by Gasteiger charge is -2.25. The fourth-order valence-corrected chi connectivity index (χ4v) is 6.82. The van der Waals surface area contributed by atoms with Gasteiger partial charge in [0.05, 0.1) is 46.6 Å². The second-order valence-electron chi connectivity index (χ2n) is 10.4. The normalized spacial score (nSPS) is 14.2. The number of carbonyl (C=O) groups excluding carboxylic acids is 2. The van der Waals surface area contributed by atoms with Gasteiger partial charge in [0.1, 0.15) is 12.4 Å². The highest BCUT2D eigenvalue weighted by molar-refractivity contribution is 9.10. The highest BCUT2D eigenvalue weighted by Crippen LogP contribution is 2.36. The Hall–Kier alpha value is -4.20. The highest BCUT2D eigenvalue weighted by atomic mass is 79.9. The molecule has 3 aromatic carbocycles. The number of carbonyl (C=O) groups is 2. The number of halogens is 2. The van der Waals surface area contributed by atoms with Crippen molar-refractivity contribution in [2.45, 2.75) is 33.4 Å². The van der Waals surface area contributed by atoms with Crippen LogP contribution < -0.4 is 29.1 Å². The van der Waals surface area contributed by atoms with E-state index in [1.807, 2.05) is 49.4 Å². The molecule has 13 heteroatoms. The molecule has 1 aromatic heterocycles. The molecule has 5 rings (SSSR count). The Balaban J connectivity index is 1.54. The Morgan fingerprint density at radius 1 is 0.938 bits per heavy atom. The van der Waals surface area contributed by atoms with Crippen LogP contribution in [0.5, 0.6) is 17.2 Å². The molecule has 0 unspecified atom stereocenters. The second-order valence-corrected chi connectivity index (χ2v) is 13.2. The van der Waals surface area contributed by atoms with Gasteiger partial charge in [0.2, 0.25) is 0 Å². The first-order valence-corrected chi connectivity index (χ1v) is 17.4. The predicted molar refractivity (Wildman–Crippen MR) is 188 cm³/mol. The second kappa shape index (κ2) is 15.8. The number of fused-ring (bicyclic) bond motifs is 1. The molecule has 0 amide bonds. The lowest BCUT2D eigenvalue weighted by molar-refractivity contribution is -0.143. The van der Waals surface area contributed by atoms with Gasteiger partial charge in [0, 0.05) is 4.47 Å². The summed E-state index contributed by atoms with van der Waals surface area (Å²) in [4.78, 5) is 44.3. The Morgan fingerprint density at radius 3 is 2.38 bits per heavy atom. The zero-order valence-corrected chi connectivity index (χ0v) is 30.6. The van der Waals surface area contributed by atoms with E-state index in [1.54, 1.807) is 38.1 Å². The van der Waals surface area contributed by atoms with Gasteiger partial charge in [-0.3, -0.25) is 9.36 Å². The van der Waals surface area contributed by atoms with Gasteiger partial charge in [-0.1, -0.05) is 51.5 Å². The molecule has 4 aromatic rings. The number of hydrogen-bond acceptors (Lipinski definition) is 10. The van der Waals surface area contributed by atoms with E-state index in [0.29, 0.717) is 51.1 Å². The molecule has 2 heterocycles. The number of hydrogen-bond donors (Lipinski definition) is 0. The maximum absolute atomic E-state index is 14.1. The van der Waals surface area contributed by atoms with Gasteiger partial charge >= 0.3 is 11.9 Å². The van der Waals surface area contributed by atoms with Gasteiger partial charge in [-0.15, -0.1) is 0 Å². The molecule has 1 atom stereocenters. The number of methoxy groups -OCH3 is 1. The van der Waals surface area contributed by atoms with Crippen molar-refractivity contribution in [1.29, 1.82) is 0 Å². The van der Waals surface area contributed by atoms with Crippen LogP contribution in [0.3, 0.4) is 0 Å². The van der Waals surface area contributed by atoms with E-state index in [-0.39, 0.29) is 24.3 Å². The van der Waals surface area contributed by atoms with Crippen LogP contribution in [0.2, 0.25) is 0 Å². The maximum Gasteiger partial charge on any atom is 0.343 e. The van der Waals surface area contributed by atoms with Crippen molar-refractivity contribution in [3.05, 3.63) is 117 Å². The van der Waals surface area contributed by atoms with Gasteiger partial charge in [-0.25, -0.2) is 14.6 Å². The van der Waals surface area contributed by atoms with Crippen molar-refractivity contribution < 1.29 is 33.3 Å². The summed E-state index contributed by atoms with van der Waals surface area (Å²) in [5.41, 5.74) is 2.71. The minimum absolute atomic E-state index is 0.148. The number of allylic oxidation sites excluding steroid dienone is 1. The summed E-state index contributed by atoms with van der Waals surface area (Å²) >= 11 is 8.26. The smallest absolute Gasteiger partial charge is 0.343 e. The molecule has 1 aliphatic rings. The molecular formula is C35H32Br2N2O8S. The zero-order chi connectivity index (χ0) is 34.4. The Morgan fingerprint density at radius 2 is 1.69 bits per heavy atom. The number of rotatable bonds is 12. The minimum atomic E-state index is -0.863. The van der Waals surface area contributed by atoms with E-state index in [9.17, 15) is 14.4 Å². The van der Waals surface area contributed by atoms with Crippen LogP contribution in [0.15, 0.2) is 90.7 Å². The summed E-state index contributed by atoms with van der Waals surface area (Å²) in [6.07, 6.45) is 1.78. The van der Waals surface area contributed by atoms with Gasteiger partial charge in [-0.05, 0) is 95.9 Å². The first-order chi connectivity index (χ1) is 23.1. The molecule has 0 bridgehead atoms. The highest BCUT2D eigenvalue weighted by Gasteiger charge is 2.34. The third-order valence-corrected chi connectivity index (χ3v) is 9.37. The van der Waals surface area contributed by atoms with E-state index >= 15 is 0 Å². The molecule has 0 saturated carbocycles. The lowest BCUT2D eigenvalue weighted by atomic mass is 9.95. The van der Waals surface area contributed by atoms with E-state index < -0.39 is 18.0 Å². The summed E-state index contributed by atoms with van der Waals surface area (Å²) in [6, 6.07) is 17.7. The van der Waals surface area contributed by atoms with Crippen LogP contribution >= 0.6 is 43.2 Å². The van der Waals surface area contributed by atoms with Crippen molar-refractivity contribution >= 4 is 61.2 Å². The Bertz CT molecular complexity index is 2050. The molecule has 0 radical (unpaired) electrons. The van der Waals surface area contributed by atoms with Crippen LogP contribution in [0.4, 0.5) is 0 Å². The fourth-order valence-electron chi connectivity index (χ4n) is 5.00. The first-order valence-electron chi connectivity index (χ1n) is 15.0. The molecule has 48 heavy (non-hydrogen) atoms. The molecule has 1 aliphatic heterocycles.